The SMILES string of the molecule is CCP(CC)CC.CCP(CC)CC.[C-]#[O+].[C-]#[O+].[Fe].[Fe].[Te][Te].c1cc[cH-]c1.c1cc[cH-]c1. The first-order valence-electron chi connectivity index (χ1n) is 10.0. The number of hydrogen-bond donors (Lipinski definition) is 0. The quantitative estimate of drug-likeness (QED) is 0.131. The van der Waals surface area contributed by atoms with Gasteiger partial charge in [0.2, 0.25) is 0 Å². The van der Waals surface area contributed by atoms with Gasteiger partial charge in [0.25, 0.3) is 0 Å². The van der Waals surface area contributed by atoms with Crippen LogP contribution in [0.5, 0.6) is 0 Å². The molecule has 2 nitrogen and oxygen atoms in total. The van der Waals surface area contributed by atoms with E-state index in [1.54, 1.807) is 0 Å². The molecule has 0 heterocycles. The number of rotatable bonds is 6. The van der Waals surface area contributed by atoms with Crippen molar-refractivity contribution in [3.8, 4) is 0 Å². The molecule has 0 N–H and O–H groups in total. The first-order chi connectivity index (χ1) is 14.7. The predicted molar refractivity (Wildman–Crippen MR) is 141 cm³/mol. The molecular weight excluding hydrogens is 749 g/mol. The van der Waals surface area contributed by atoms with Gasteiger partial charge in [0, 0.05) is 34.1 Å². The minimum atomic E-state index is 0. The third-order valence-electron chi connectivity index (χ3n) is 3.79. The summed E-state index contributed by atoms with van der Waals surface area (Å²) in [6.07, 6.45) is 8.51. The van der Waals surface area contributed by atoms with Gasteiger partial charge in [-0.1, -0.05) is 41.5 Å². The first-order valence-corrected chi connectivity index (χ1v) is 21.2. The minimum absolute atomic E-state index is 0. The Morgan fingerprint density at radius 3 is 0.719 bits per heavy atom. The molecule has 0 saturated carbocycles. The van der Waals surface area contributed by atoms with E-state index < -0.39 is 0 Å². The van der Waals surface area contributed by atoms with Crippen LogP contribution in [0.4, 0.5) is 0 Å². The van der Waals surface area contributed by atoms with E-state index in [1.165, 1.54) is 37.0 Å². The Kier molecular flexibility index (Phi) is 92.3. The average Bonchev–Trinajstić information content (AvgIpc) is 3.60. The zero-order chi connectivity index (χ0) is 24.5. The predicted octanol–water partition coefficient (Wildman–Crippen LogP) is 7.03. The van der Waals surface area contributed by atoms with Crippen LogP contribution in [0, 0.1) is 13.3 Å². The molecule has 0 saturated heterocycles. The molecule has 0 fully saturated rings. The van der Waals surface area contributed by atoms with E-state index in [0.29, 0.717) is 15.8 Å². The maximum absolute atomic E-state index is 7.50. The van der Waals surface area contributed by atoms with Gasteiger partial charge in [0.05, 0.1) is 0 Å². The van der Waals surface area contributed by atoms with Gasteiger partial charge in [-0.2, -0.15) is 36.4 Å². The molecule has 2 aromatic rings. The zero-order valence-electron chi connectivity index (χ0n) is 20.3. The Morgan fingerprint density at radius 1 is 0.531 bits per heavy atom. The fourth-order valence-electron chi connectivity index (χ4n) is 1.98. The molecule has 0 unspecified atom stereocenters. The average molecular weight is 789 g/mol. The van der Waals surface area contributed by atoms with E-state index in [2.05, 4.69) is 54.8 Å². The van der Waals surface area contributed by atoms with Crippen molar-refractivity contribution in [2.75, 3.05) is 37.0 Å². The van der Waals surface area contributed by atoms with E-state index in [4.69, 9.17) is 9.30 Å². The Balaban J connectivity index is -0.0000000475. The molecule has 0 aliphatic carbocycles. The standard InChI is InChI=1S/2C6H15P.2C5H5.2CO.2Fe.Te2/c2*1-4-7(5-2)6-3;2*1-2-4-5-3-1;2*1-2;;;1-2/h2*4-6H2,1-3H3;2*1-5H;;;;;/q;;2*-1;;;;;. The summed E-state index contributed by atoms with van der Waals surface area (Å²) >= 11 is 3.92. The normalized spacial score (nSPS) is 7.31. The minimum Gasteiger partial charge on any atom is -0.214 e. The topological polar surface area (TPSA) is 39.8 Å². The smallest absolute Gasteiger partial charge is 0.172 e. The van der Waals surface area contributed by atoms with E-state index in [1.807, 2.05) is 97.5 Å². The maximum Gasteiger partial charge on any atom is -0.172 e. The maximum atomic E-state index is 7.50. The fourth-order valence-corrected chi connectivity index (χ4v) is 4.67. The molecule has 0 amide bonds. The van der Waals surface area contributed by atoms with Crippen LogP contribution in [-0.2, 0) is 43.4 Å². The third kappa shape index (κ3) is 53.2. The first kappa shape index (κ1) is 50.5. The van der Waals surface area contributed by atoms with Crippen LogP contribution in [0.3, 0.4) is 0 Å². The van der Waals surface area contributed by atoms with Gasteiger partial charge >= 0.3 is 59.5 Å². The second-order valence-electron chi connectivity index (χ2n) is 5.16. The largest absolute Gasteiger partial charge is 0.214 e. The van der Waals surface area contributed by atoms with Gasteiger partial charge in [-0.25, -0.2) is 24.3 Å². The molecule has 2 radical (unpaired) electrons. The van der Waals surface area contributed by atoms with E-state index in [-0.39, 0.29) is 34.1 Å². The summed E-state index contributed by atoms with van der Waals surface area (Å²) in [4.78, 5) is 0. The third-order valence-corrected chi connectivity index (χ3v) is 9.16. The molecule has 0 atom stereocenters. The van der Waals surface area contributed by atoms with Crippen molar-refractivity contribution in [1.82, 2.24) is 0 Å². The summed E-state index contributed by atoms with van der Waals surface area (Å²) in [5.74, 6) is 0. The fraction of sp³-hybridized carbons (Fsp3) is 0.500. The van der Waals surface area contributed by atoms with Crippen molar-refractivity contribution < 1.29 is 43.4 Å². The Hall–Kier alpha value is 1.66. The monoisotopic (exact) mass is 794 g/mol. The summed E-state index contributed by atoms with van der Waals surface area (Å²) in [7, 11) is 0.892. The van der Waals surface area contributed by atoms with Gasteiger partial charge in [-0.05, 0) is 37.0 Å². The summed E-state index contributed by atoms with van der Waals surface area (Å²) in [6.45, 7) is 22.7. The molecule has 0 aromatic heterocycles. The van der Waals surface area contributed by atoms with Crippen LogP contribution in [-0.4, -0.2) is 73.8 Å². The van der Waals surface area contributed by atoms with Crippen molar-refractivity contribution in [2.24, 2.45) is 0 Å². The second-order valence-corrected chi connectivity index (χ2v) is 11.6. The van der Waals surface area contributed by atoms with Crippen LogP contribution in [0.25, 0.3) is 0 Å². The molecular formula is C24H40Fe2O2P2Te2-2. The van der Waals surface area contributed by atoms with Crippen molar-refractivity contribution in [1.29, 1.82) is 0 Å². The van der Waals surface area contributed by atoms with Crippen LogP contribution in [0.15, 0.2) is 60.7 Å². The Morgan fingerprint density at radius 2 is 0.688 bits per heavy atom. The molecule has 2 aromatic carbocycles. The summed E-state index contributed by atoms with van der Waals surface area (Å²) in [6, 6.07) is 20.0. The molecule has 2 rings (SSSR count). The molecule has 0 aliphatic rings. The van der Waals surface area contributed by atoms with Gasteiger partial charge < -0.3 is 0 Å². The molecule has 0 spiro atoms. The van der Waals surface area contributed by atoms with E-state index in [9.17, 15) is 0 Å². The van der Waals surface area contributed by atoms with Crippen molar-refractivity contribution in [3.63, 3.8) is 0 Å². The van der Waals surface area contributed by atoms with Crippen LogP contribution < -0.4 is 0 Å². The molecule has 0 bridgehead atoms. The Bertz CT molecular complexity index is 371. The van der Waals surface area contributed by atoms with Crippen LogP contribution in [0.1, 0.15) is 41.5 Å². The zero-order valence-corrected chi connectivity index (χ0v) is 28.9. The molecule has 188 valence electrons. The van der Waals surface area contributed by atoms with E-state index in [0.717, 1.165) is 0 Å². The Labute approximate surface area is 246 Å². The molecule has 32 heavy (non-hydrogen) atoms. The van der Waals surface area contributed by atoms with Gasteiger partial charge in [0.15, 0.2) is 0 Å². The summed E-state index contributed by atoms with van der Waals surface area (Å²) in [5, 5.41) is 0. The molecule has 0 aliphatic heterocycles. The van der Waals surface area contributed by atoms with Crippen LogP contribution in [0.2, 0.25) is 0 Å². The second kappa shape index (κ2) is 58.5. The van der Waals surface area contributed by atoms with Crippen LogP contribution >= 0.6 is 15.8 Å². The van der Waals surface area contributed by atoms with E-state index >= 15 is 0 Å². The van der Waals surface area contributed by atoms with Crippen molar-refractivity contribution in [2.45, 2.75) is 41.5 Å². The van der Waals surface area contributed by atoms with Gasteiger partial charge in [0.1, 0.15) is 0 Å². The molecule has 8 heteroatoms. The van der Waals surface area contributed by atoms with Gasteiger partial charge in [-0.3, -0.25) is 0 Å². The summed E-state index contributed by atoms with van der Waals surface area (Å²) < 4.78 is 15.0. The van der Waals surface area contributed by atoms with Crippen molar-refractivity contribution in [3.05, 3.63) is 74.0 Å². The summed E-state index contributed by atoms with van der Waals surface area (Å²) in [5.41, 5.74) is 0. The van der Waals surface area contributed by atoms with Crippen molar-refractivity contribution >= 4 is 52.7 Å². The van der Waals surface area contributed by atoms with Gasteiger partial charge in [-0.15, -0.1) is 15.8 Å². The number of hydrogen-bond acceptors (Lipinski definition) is 0.